The lowest BCUT2D eigenvalue weighted by Gasteiger charge is -2.15. The Kier molecular flexibility index (Phi) is 6.19. The molecular weight excluding hydrogens is 398 g/mol. The fourth-order valence-electron chi connectivity index (χ4n) is 4.15. The van der Waals surface area contributed by atoms with Crippen molar-refractivity contribution in [1.29, 1.82) is 0 Å². The minimum atomic E-state index is -0.102. The number of hydrogen-bond acceptors (Lipinski definition) is 2. The molecule has 3 aromatic carbocycles. The number of rotatable bonds is 7. The largest absolute Gasteiger partial charge is 0.354 e. The molecule has 0 aliphatic heterocycles. The Morgan fingerprint density at radius 1 is 0.844 bits per heavy atom. The molecule has 1 atom stereocenters. The van der Waals surface area contributed by atoms with Crippen LogP contribution in [0, 0.1) is 13.8 Å². The molecular formula is C27H28N3O2+. The number of aromatic amines is 1. The van der Waals surface area contributed by atoms with E-state index in [1.165, 1.54) is 0 Å². The number of aryl methyl sites for hydroxylation is 2. The van der Waals surface area contributed by atoms with Crippen LogP contribution >= 0.6 is 0 Å². The summed E-state index contributed by atoms with van der Waals surface area (Å²) in [6.45, 7) is 4.39. The number of aromatic nitrogens is 1. The molecule has 0 bridgehead atoms. The molecule has 1 aromatic heterocycles. The van der Waals surface area contributed by atoms with Crippen molar-refractivity contribution in [3.05, 3.63) is 89.5 Å². The molecule has 0 saturated carbocycles. The van der Waals surface area contributed by atoms with Gasteiger partial charge in [0.2, 0.25) is 5.78 Å². The molecule has 1 amide bonds. The lowest BCUT2D eigenvalue weighted by molar-refractivity contribution is -0.861. The second-order valence-electron chi connectivity index (χ2n) is 8.34. The summed E-state index contributed by atoms with van der Waals surface area (Å²) >= 11 is 0. The molecule has 0 fully saturated rings. The second kappa shape index (κ2) is 9.20. The fourth-order valence-corrected chi connectivity index (χ4v) is 4.15. The number of H-pyrrole nitrogens is 1. The van der Waals surface area contributed by atoms with E-state index >= 15 is 0 Å². The van der Waals surface area contributed by atoms with Gasteiger partial charge in [0.15, 0.2) is 6.54 Å². The number of amides is 1. The molecule has 0 saturated heterocycles. The minimum Gasteiger partial charge on any atom is -0.354 e. The predicted octanol–water partition coefficient (Wildman–Crippen LogP) is 3.79. The van der Waals surface area contributed by atoms with Gasteiger partial charge in [0, 0.05) is 16.6 Å². The van der Waals surface area contributed by atoms with Crippen molar-refractivity contribution in [2.75, 3.05) is 25.5 Å². The number of hydrogen-bond donors (Lipinski definition) is 3. The Labute approximate surface area is 188 Å². The number of likely N-dealkylation sites (N-methyl/N-ethyl adjacent to an activating group) is 1. The quantitative estimate of drug-likeness (QED) is 0.394. The summed E-state index contributed by atoms with van der Waals surface area (Å²) in [5, 5.41) is 3.91. The number of Topliss-reactive ketones (excluding diaryl/α,β-unsaturated/α-hetero) is 1. The van der Waals surface area contributed by atoms with E-state index in [1.807, 2.05) is 93.7 Å². The highest BCUT2D eigenvalue weighted by atomic mass is 16.2. The molecule has 1 unspecified atom stereocenters. The Morgan fingerprint density at radius 2 is 1.50 bits per heavy atom. The van der Waals surface area contributed by atoms with Crippen LogP contribution in [0.3, 0.4) is 0 Å². The number of nitrogens with one attached hydrogen (secondary N) is 3. The Balaban J connectivity index is 1.53. The third-order valence-corrected chi connectivity index (χ3v) is 5.72. The van der Waals surface area contributed by atoms with Gasteiger partial charge in [0.1, 0.15) is 6.54 Å². The van der Waals surface area contributed by atoms with Crippen molar-refractivity contribution in [1.82, 2.24) is 4.98 Å². The van der Waals surface area contributed by atoms with Gasteiger partial charge < -0.3 is 15.2 Å². The molecule has 0 aliphatic rings. The van der Waals surface area contributed by atoms with Crippen LogP contribution in [0.4, 0.5) is 5.69 Å². The first kappa shape index (κ1) is 21.5. The number of ketones is 1. The van der Waals surface area contributed by atoms with E-state index in [9.17, 15) is 9.59 Å². The maximum absolute atomic E-state index is 13.4. The third-order valence-electron chi connectivity index (χ3n) is 5.72. The highest BCUT2D eigenvalue weighted by molar-refractivity contribution is 6.13. The van der Waals surface area contributed by atoms with Crippen molar-refractivity contribution in [3.8, 4) is 11.3 Å². The number of fused-ring (bicyclic) bond motifs is 1. The summed E-state index contributed by atoms with van der Waals surface area (Å²) in [4.78, 5) is 30.3. The van der Waals surface area contributed by atoms with E-state index in [2.05, 4.69) is 10.3 Å². The van der Waals surface area contributed by atoms with Crippen molar-refractivity contribution in [2.45, 2.75) is 13.8 Å². The summed E-state index contributed by atoms with van der Waals surface area (Å²) in [5.74, 6) is -0.0893. The van der Waals surface area contributed by atoms with E-state index in [-0.39, 0.29) is 24.8 Å². The topological polar surface area (TPSA) is 66.4 Å². The summed E-state index contributed by atoms with van der Waals surface area (Å²) in [5.41, 5.74) is 6.31. The van der Waals surface area contributed by atoms with Gasteiger partial charge in [-0.05, 0) is 36.6 Å². The molecule has 0 spiro atoms. The molecule has 0 radical (unpaired) electrons. The lowest BCUT2D eigenvalue weighted by atomic mass is 10.0. The van der Waals surface area contributed by atoms with Crippen LogP contribution in [0.5, 0.6) is 0 Å². The van der Waals surface area contributed by atoms with Crippen molar-refractivity contribution in [2.24, 2.45) is 0 Å². The summed E-state index contributed by atoms with van der Waals surface area (Å²) in [6, 6.07) is 23.6. The average Bonchev–Trinajstić information content (AvgIpc) is 3.17. The first-order chi connectivity index (χ1) is 15.4. The maximum atomic E-state index is 13.4. The first-order valence-electron chi connectivity index (χ1n) is 10.8. The zero-order valence-electron chi connectivity index (χ0n) is 18.7. The molecule has 4 aromatic rings. The number of benzene rings is 3. The van der Waals surface area contributed by atoms with E-state index in [0.29, 0.717) is 5.56 Å². The Hall–Kier alpha value is -3.70. The molecule has 32 heavy (non-hydrogen) atoms. The normalized spacial score (nSPS) is 12.0. The van der Waals surface area contributed by atoms with Crippen molar-refractivity contribution in [3.63, 3.8) is 0 Å². The van der Waals surface area contributed by atoms with Gasteiger partial charge in [-0.3, -0.25) is 9.59 Å². The first-order valence-corrected chi connectivity index (χ1v) is 10.8. The Bertz CT molecular complexity index is 1250. The smallest absolute Gasteiger partial charge is 0.279 e. The summed E-state index contributed by atoms with van der Waals surface area (Å²) in [6.07, 6.45) is 0. The number of quaternary nitrogens is 1. The number of carbonyl (C=O) groups excluding carboxylic acids is 2. The van der Waals surface area contributed by atoms with Crippen LogP contribution in [0.1, 0.15) is 21.5 Å². The van der Waals surface area contributed by atoms with E-state index in [1.54, 1.807) is 0 Å². The van der Waals surface area contributed by atoms with Gasteiger partial charge in [0.25, 0.3) is 5.91 Å². The predicted molar refractivity (Wildman–Crippen MR) is 129 cm³/mol. The standard InChI is InChI=1S/C27H27N3O2/c1-18-10-9-11-19(2)26(18)29-24(32)17-30(3)16-23(31)25-21-14-7-8-15-22(21)28-27(25)20-12-5-4-6-13-20/h4-15,28H,16-17H2,1-3H3,(H,29,32)/p+1. The van der Waals surface area contributed by atoms with Gasteiger partial charge in [-0.2, -0.15) is 0 Å². The van der Waals surface area contributed by atoms with Gasteiger partial charge >= 0.3 is 0 Å². The average molecular weight is 427 g/mol. The Morgan fingerprint density at radius 3 is 2.22 bits per heavy atom. The lowest BCUT2D eigenvalue weighted by Crippen LogP contribution is -3.11. The molecule has 0 aliphatic carbocycles. The van der Waals surface area contributed by atoms with Gasteiger partial charge in [0.05, 0.1) is 18.3 Å². The number of para-hydroxylation sites is 2. The SMILES string of the molecule is Cc1cccc(C)c1NC(=O)C[NH+](C)CC(=O)c1c(-c2ccccc2)[nH]c2ccccc12. The number of anilines is 1. The minimum absolute atomic E-state index is 0.0127. The molecule has 3 N–H and O–H groups in total. The van der Waals surface area contributed by atoms with Crippen LogP contribution in [0.25, 0.3) is 22.2 Å². The highest BCUT2D eigenvalue weighted by Crippen LogP contribution is 2.30. The van der Waals surface area contributed by atoms with E-state index in [4.69, 9.17) is 0 Å². The van der Waals surface area contributed by atoms with Gasteiger partial charge in [-0.15, -0.1) is 0 Å². The van der Waals surface area contributed by atoms with Crippen molar-refractivity contribution >= 4 is 28.3 Å². The zero-order valence-corrected chi connectivity index (χ0v) is 18.7. The van der Waals surface area contributed by atoms with Crippen LogP contribution in [0.2, 0.25) is 0 Å². The van der Waals surface area contributed by atoms with Gasteiger partial charge in [-0.25, -0.2) is 0 Å². The third kappa shape index (κ3) is 4.48. The molecule has 1 heterocycles. The van der Waals surface area contributed by atoms with E-state index < -0.39 is 0 Å². The van der Waals surface area contributed by atoms with Crippen LogP contribution in [-0.2, 0) is 4.79 Å². The maximum Gasteiger partial charge on any atom is 0.279 e. The molecule has 5 heteroatoms. The van der Waals surface area contributed by atoms with Crippen molar-refractivity contribution < 1.29 is 14.5 Å². The molecule has 5 nitrogen and oxygen atoms in total. The monoisotopic (exact) mass is 426 g/mol. The summed E-state index contributed by atoms with van der Waals surface area (Å²) in [7, 11) is 1.87. The molecule has 4 rings (SSSR count). The highest BCUT2D eigenvalue weighted by Gasteiger charge is 2.23. The molecule has 162 valence electrons. The fraction of sp³-hybridized carbons (Fsp3) is 0.185. The second-order valence-corrected chi connectivity index (χ2v) is 8.34. The van der Waals surface area contributed by atoms with E-state index in [0.717, 1.165) is 43.9 Å². The van der Waals surface area contributed by atoms with Crippen LogP contribution in [0.15, 0.2) is 72.8 Å². The zero-order chi connectivity index (χ0) is 22.7. The van der Waals surface area contributed by atoms with Crippen LogP contribution < -0.4 is 10.2 Å². The number of carbonyl (C=O) groups is 2. The summed E-state index contributed by atoms with van der Waals surface area (Å²) < 4.78 is 0. The van der Waals surface area contributed by atoms with Crippen LogP contribution in [-0.4, -0.2) is 36.8 Å². The van der Waals surface area contributed by atoms with Gasteiger partial charge in [-0.1, -0.05) is 66.7 Å².